The van der Waals surface area contributed by atoms with Crippen LogP contribution in [0.3, 0.4) is 0 Å². The van der Waals surface area contributed by atoms with E-state index in [-0.39, 0.29) is 18.7 Å². The molecule has 0 spiro atoms. The van der Waals surface area contributed by atoms with Gasteiger partial charge in [-0.05, 0) is 6.58 Å². The summed E-state index contributed by atoms with van der Waals surface area (Å²) in [6.45, 7) is 4.21. The maximum Gasteiger partial charge on any atom is 0.339 e. The fourth-order valence-electron chi connectivity index (χ4n) is 1.01. The summed E-state index contributed by atoms with van der Waals surface area (Å²) in [5.41, 5.74) is 0. The maximum absolute atomic E-state index is 12.2. The second kappa shape index (κ2) is 7.49. The van der Waals surface area contributed by atoms with Crippen molar-refractivity contribution in [1.82, 2.24) is 0 Å². The molecule has 0 bridgehead atoms. The van der Waals surface area contributed by atoms with Crippen LogP contribution >= 0.6 is 7.60 Å². The highest BCUT2D eigenvalue weighted by Gasteiger charge is 2.36. The van der Waals surface area contributed by atoms with Gasteiger partial charge in [-0.15, -0.1) is 0 Å². The Morgan fingerprint density at radius 2 is 2.00 bits per heavy atom. The van der Waals surface area contributed by atoms with Crippen molar-refractivity contribution in [3.05, 3.63) is 12.5 Å². The summed E-state index contributed by atoms with van der Waals surface area (Å²) >= 11 is 0. The Bertz CT molecular complexity index is 365. The van der Waals surface area contributed by atoms with Gasteiger partial charge in [0.05, 0.1) is 18.9 Å². The lowest BCUT2D eigenvalue weighted by molar-refractivity contribution is -0.150. The van der Waals surface area contributed by atoms with Gasteiger partial charge in [-0.2, -0.15) is 0 Å². The van der Waals surface area contributed by atoms with Gasteiger partial charge in [0.25, 0.3) is 5.95 Å². The van der Waals surface area contributed by atoms with E-state index in [0.29, 0.717) is 6.61 Å². The molecule has 1 aliphatic heterocycles. The van der Waals surface area contributed by atoms with Crippen molar-refractivity contribution in [3.8, 4) is 0 Å². The van der Waals surface area contributed by atoms with E-state index in [1.54, 1.807) is 6.92 Å². The lowest BCUT2D eigenvalue weighted by atomic mass is 10.5. The third kappa shape index (κ3) is 7.17. The minimum atomic E-state index is -3.52. The quantitative estimate of drug-likeness (QED) is 0.213. The van der Waals surface area contributed by atoms with Crippen molar-refractivity contribution in [2.45, 2.75) is 19.4 Å². The first-order valence-electron chi connectivity index (χ1n) is 5.61. The molecule has 19 heavy (non-hydrogen) atoms. The van der Waals surface area contributed by atoms with Gasteiger partial charge in [-0.1, -0.05) is 6.92 Å². The van der Waals surface area contributed by atoms with E-state index in [4.69, 9.17) is 18.9 Å². The third-order valence-electron chi connectivity index (χ3n) is 2.06. The highest BCUT2D eigenvalue weighted by Crippen LogP contribution is 2.50. The summed E-state index contributed by atoms with van der Waals surface area (Å²) in [6, 6.07) is 0. The summed E-state index contributed by atoms with van der Waals surface area (Å²) in [4.78, 5) is 10.9. The van der Waals surface area contributed by atoms with Crippen molar-refractivity contribution in [2.24, 2.45) is 0 Å². The molecule has 1 heterocycles. The van der Waals surface area contributed by atoms with Crippen LogP contribution in [-0.4, -0.2) is 43.5 Å². The van der Waals surface area contributed by atoms with Gasteiger partial charge in [0, 0.05) is 6.42 Å². The number of carbonyl (C=O) groups is 1. The van der Waals surface area contributed by atoms with Crippen LogP contribution in [0.5, 0.6) is 0 Å². The van der Waals surface area contributed by atoms with Crippen LogP contribution in [0.15, 0.2) is 12.5 Å². The Labute approximate surface area is 110 Å². The van der Waals surface area contributed by atoms with Crippen LogP contribution in [0.2, 0.25) is 0 Å². The molecule has 0 aromatic heterocycles. The zero-order valence-corrected chi connectivity index (χ0v) is 11.5. The Balaban J connectivity index is 2.37. The molecule has 1 fully saturated rings. The number of epoxide rings is 1. The van der Waals surface area contributed by atoms with Crippen LogP contribution in [-0.2, 0) is 32.6 Å². The predicted octanol–water partition coefficient (Wildman–Crippen LogP) is 1.53. The number of aliphatic hydroxyl groups excluding tert-OH is 1. The molecule has 110 valence electrons. The smallest absolute Gasteiger partial charge is 0.339 e. The molecule has 0 saturated carbocycles. The molecule has 1 rings (SSSR count). The van der Waals surface area contributed by atoms with E-state index >= 15 is 0 Å². The highest BCUT2D eigenvalue weighted by atomic mass is 31.2. The van der Waals surface area contributed by atoms with E-state index in [9.17, 15) is 9.36 Å². The van der Waals surface area contributed by atoms with Gasteiger partial charge in [0.1, 0.15) is 0 Å². The second-order valence-electron chi connectivity index (χ2n) is 3.65. The topological polar surface area (TPSA) is 104 Å². The molecule has 0 aliphatic carbocycles. The fraction of sp³-hybridized carbons (Fsp3) is 0.700. The van der Waals surface area contributed by atoms with Crippen molar-refractivity contribution in [1.29, 1.82) is 0 Å². The van der Waals surface area contributed by atoms with E-state index in [1.165, 1.54) is 0 Å². The number of carbonyl (C=O) groups excluding carboxylic acids is 1. The first-order chi connectivity index (χ1) is 8.95. The SMILES string of the molecule is C=C(O)OCOP(=O)(CC1CO1)OCOC(=O)CC. The predicted molar refractivity (Wildman–Crippen MR) is 63.4 cm³/mol. The van der Waals surface area contributed by atoms with E-state index < -0.39 is 33.1 Å². The molecule has 9 heteroatoms. The molecule has 0 amide bonds. The highest BCUT2D eigenvalue weighted by molar-refractivity contribution is 7.53. The Morgan fingerprint density at radius 1 is 1.42 bits per heavy atom. The number of hydrogen-bond donors (Lipinski definition) is 1. The van der Waals surface area contributed by atoms with Crippen molar-refractivity contribution >= 4 is 13.6 Å². The lowest BCUT2D eigenvalue weighted by Gasteiger charge is -2.17. The first kappa shape index (κ1) is 16.0. The molecule has 1 N–H and O–H groups in total. The largest absolute Gasteiger partial charge is 0.481 e. The third-order valence-corrected chi connectivity index (χ3v) is 3.91. The van der Waals surface area contributed by atoms with Crippen LogP contribution in [0.1, 0.15) is 13.3 Å². The molecular formula is C10H17O8P. The summed E-state index contributed by atoms with van der Waals surface area (Å²) in [7, 11) is -3.52. The summed E-state index contributed by atoms with van der Waals surface area (Å²) in [5.74, 6) is -1.04. The van der Waals surface area contributed by atoms with Crippen LogP contribution < -0.4 is 0 Å². The van der Waals surface area contributed by atoms with Crippen molar-refractivity contribution < 1.29 is 37.7 Å². The van der Waals surface area contributed by atoms with Crippen molar-refractivity contribution in [2.75, 3.05) is 26.4 Å². The number of esters is 1. The number of aliphatic hydroxyl groups is 1. The minimum absolute atomic E-state index is 0.0257. The first-order valence-corrected chi connectivity index (χ1v) is 7.34. The van der Waals surface area contributed by atoms with E-state index in [0.717, 1.165) is 0 Å². The second-order valence-corrected chi connectivity index (χ2v) is 5.75. The molecule has 8 nitrogen and oxygen atoms in total. The summed E-state index contributed by atoms with van der Waals surface area (Å²) in [5, 5.41) is 8.70. The van der Waals surface area contributed by atoms with Crippen LogP contribution in [0, 0.1) is 0 Å². The van der Waals surface area contributed by atoms with Crippen molar-refractivity contribution in [3.63, 3.8) is 0 Å². The minimum Gasteiger partial charge on any atom is -0.481 e. The van der Waals surface area contributed by atoms with Crippen LogP contribution in [0.25, 0.3) is 0 Å². The van der Waals surface area contributed by atoms with Gasteiger partial charge in [0.2, 0.25) is 13.6 Å². The van der Waals surface area contributed by atoms with Gasteiger partial charge in [-0.3, -0.25) is 18.4 Å². The number of rotatable bonds is 10. The number of ether oxygens (including phenoxy) is 3. The Hall–Kier alpha value is -1.08. The summed E-state index contributed by atoms with van der Waals surface area (Å²) in [6.07, 6.45) is 0.0103. The zero-order chi connectivity index (χ0) is 14.3. The summed E-state index contributed by atoms with van der Waals surface area (Å²) < 4.78 is 36.2. The standard InChI is InChI=1S/C10H17O8P/c1-3-10(12)16-7-18-19(13,5-9-4-14-9)17-6-15-8(2)11/h9,11H,2-7H2,1H3. The molecule has 2 atom stereocenters. The molecule has 2 unspecified atom stereocenters. The van der Waals surface area contributed by atoms with Crippen LogP contribution in [0.4, 0.5) is 0 Å². The average molecular weight is 296 g/mol. The monoisotopic (exact) mass is 296 g/mol. The maximum atomic E-state index is 12.2. The molecular weight excluding hydrogens is 279 g/mol. The van der Waals surface area contributed by atoms with Gasteiger partial charge >= 0.3 is 13.6 Å². The van der Waals surface area contributed by atoms with Gasteiger partial charge < -0.3 is 19.3 Å². The Morgan fingerprint density at radius 3 is 2.47 bits per heavy atom. The normalized spacial score (nSPS) is 20.4. The van der Waals surface area contributed by atoms with E-state index in [2.05, 4.69) is 16.1 Å². The molecule has 0 aromatic carbocycles. The molecule has 0 aromatic rings. The molecule has 1 saturated heterocycles. The molecule has 0 radical (unpaired) electrons. The lowest BCUT2D eigenvalue weighted by Crippen LogP contribution is -2.11. The number of hydrogen-bond acceptors (Lipinski definition) is 8. The van der Waals surface area contributed by atoms with Gasteiger partial charge in [-0.25, -0.2) is 0 Å². The Kier molecular flexibility index (Phi) is 6.30. The fourth-order valence-corrected chi connectivity index (χ4v) is 2.44. The van der Waals surface area contributed by atoms with E-state index in [1.807, 2.05) is 0 Å². The molecule has 1 aliphatic rings. The zero-order valence-electron chi connectivity index (χ0n) is 10.6. The van der Waals surface area contributed by atoms with Gasteiger partial charge in [0.15, 0.2) is 0 Å². The average Bonchev–Trinajstić information content (AvgIpc) is 3.11.